The fourth-order valence-electron chi connectivity index (χ4n) is 5.85. The Morgan fingerprint density at radius 3 is 2.58 bits per heavy atom. The molecule has 3 heterocycles. The normalized spacial score (nSPS) is 17.4. The van der Waals surface area contributed by atoms with Crippen LogP contribution in [0.1, 0.15) is 49.1 Å². The lowest BCUT2D eigenvalue weighted by atomic mass is 9.83. The van der Waals surface area contributed by atoms with Crippen molar-refractivity contribution in [2.75, 3.05) is 17.7 Å². The fraction of sp³-hybridized carbons (Fsp3) is 0.323. The molecule has 6 rings (SSSR count). The Kier molecular flexibility index (Phi) is 6.52. The molecule has 5 nitrogen and oxygen atoms in total. The van der Waals surface area contributed by atoms with Gasteiger partial charge in [0.05, 0.1) is 16.8 Å². The van der Waals surface area contributed by atoms with Crippen LogP contribution in [-0.4, -0.2) is 28.1 Å². The first-order valence-corrected chi connectivity index (χ1v) is 15.0. The van der Waals surface area contributed by atoms with E-state index in [4.69, 9.17) is 4.98 Å². The minimum atomic E-state index is -0.260. The Morgan fingerprint density at radius 2 is 1.79 bits per heavy atom. The average molecular weight is 542 g/mol. The van der Waals surface area contributed by atoms with Crippen molar-refractivity contribution in [1.29, 1.82) is 0 Å². The number of anilines is 1. The van der Waals surface area contributed by atoms with Crippen LogP contribution >= 0.6 is 23.1 Å². The monoisotopic (exact) mass is 541 g/mol. The van der Waals surface area contributed by atoms with Crippen LogP contribution in [0.25, 0.3) is 15.9 Å². The number of thioether (sulfide) groups is 1. The van der Waals surface area contributed by atoms with Crippen LogP contribution in [0.2, 0.25) is 0 Å². The summed E-state index contributed by atoms with van der Waals surface area (Å²) in [7, 11) is 2.02. The Morgan fingerprint density at radius 1 is 1.05 bits per heavy atom. The molecule has 0 saturated carbocycles. The van der Waals surface area contributed by atoms with Gasteiger partial charge in [-0.1, -0.05) is 68.4 Å². The number of hydrogen-bond donors (Lipinski definition) is 0. The molecule has 2 aliphatic rings. The van der Waals surface area contributed by atoms with Gasteiger partial charge >= 0.3 is 0 Å². The number of allylic oxidation sites excluding steroid dienone is 2. The quantitative estimate of drug-likeness (QED) is 0.122. The second kappa shape index (κ2) is 9.86. The number of hydrogen-bond acceptors (Lipinski definition) is 6. The molecule has 0 spiro atoms. The molecule has 4 aromatic rings. The molecule has 0 bridgehead atoms. The van der Waals surface area contributed by atoms with Gasteiger partial charge < -0.3 is 4.90 Å². The highest BCUT2D eigenvalue weighted by Crippen LogP contribution is 2.46. The summed E-state index contributed by atoms with van der Waals surface area (Å²) in [5.41, 5.74) is 5.01. The molecular formula is C31H31N3O2S2. The number of nitrogens with zero attached hydrogens (tertiary/aromatic N) is 3. The number of rotatable bonds is 5. The second-order valence-electron chi connectivity index (χ2n) is 10.6. The number of para-hydroxylation sites is 2. The summed E-state index contributed by atoms with van der Waals surface area (Å²) < 4.78 is 1.70. The van der Waals surface area contributed by atoms with Gasteiger partial charge in [-0.3, -0.25) is 14.2 Å². The Labute approximate surface area is 231 Å². The van der Waals surface area contributed by atoms with Crippen LogP contribution < -0.4 is 10.5 Å². The first kappa shape index (κ1) is 25.1. The highest BCUT2D eigenvalue weighted by atomic mass is 32.2. The summed E-state index contributed by atoms with van der Waals surface area (Å²) in [5.74, 6) is 0.216. The van der Waals surface area contributed by atoms with Crippen molar-refractivity contribution in [3.63, 3.8) is 0 Å². The highest BCUT2D eigenvalue weighted by molar-refractivity contribution is 7.99. The summed E-state index contributed by atoms with van der Waals surface area (Å²) in [5, 5.41) is 1.33. The molecule has 38 heavy (non-hydrogen) atoms. The third-order valence-electron chi connectivity index (χ3n) is 7.80. The van der Waals surface area contributed by atoms with E-state index in [9.17, 15) is 9.59 Å². The Hall–Kier alpha value is -3.16. The number of benzene rings is 2. The van der Waals surface area contributed by atoms with Crippen molar-refractivity contribution < 1.29 is 4.79 Å². The van der Waals surface area contributed by atoms with E-state index in [0.29, 0.717) is 5.16 Å². The topological polar surface area (TPSA) is 55.2 Å². The van der Waals surface area contributed by atoms with Crippen LogP contribution in [-0.2, 0) is 23.1 Å². The first-order valence-electron chi connectivity index (χ1n) is 13.2. The molecule has 0 fully saturated rings. The van der Waals surface area contributed by atoms with Gasteiger partial charge in [0, 0.05) is 34.8 Å². The van der Waals surface area contributed by atoms with E-state index in [-0.39, 0.29) is 22.5 Å². The summed E-state index contributed by atoms with van der Waals surface area (Å²) in [6, 6.07) is 18.0. The summed E-state index contributed by atoms with van der Waals surface area (Å²) in [6.07, 6.45) is 7.19. The number of ketones is 1. The maximum absolute atomic E-state index is 14.0. The zero-order valence-corrected chi connectivity index (χ0v) is 23.6. The lowest BCUT2D eigenvalue weighted by Gasteiger charge is -2.24. The Bertz CT molecular complexity index is 1630. The molecule has 7 heteroatoms. The molecule has 0 amide bonds. The van der Waals surface area contributed by atoms with Gasteiger partial charge in [-0.15, -0.1) is 11.3 Å². The van der Waals surface area contributed by atoms with Crippen LogP contribution in [0.3, 0.4) is 0 Å². The van der Waals surface area contributed by atoms with E-state index in [1.165, 1.54) is 34.2 Å². The molecule has 1 aliphatic heterocycles. The molecule has 1 aliphatic carbocycles. The van der Waals surface area contributed by atoms with Crippen LogP contribution in [0.4, 0.5) is 5.69 Å². The molecule has 0 atom stereocenters. The summed E-state index contributed by atoms with van der Waals surface area (Å²) >= 11 is 3.00. The van der Waals surface area contributed by atoms with Crippen molar-refractivity contribution in [2.45, 2.75) is 56.5 Å². The maximum atomic E-state index is 14.0. The van der Waals surface area contributed by atoms with E-state index < -0.39 is 0 Å². The van der Waals surface area contributed by atoms with Crippen molar-refractivity contribution in [3.05, 3.63) is 92.7 Å². The second-order valence-corrected chi connectivity index (χ2v) is 12.6. The zero-order chi connectivity index (χ0) is 26.4. The molecule has 0 unspecified atom stereocenters. The largest absolute Gasteiger partial charge is 0.347 e. The average Bonchev–Trinajstić information content (AvgIpc) is 3.23. The predicted octanol–water partition coefficient (Wildman–Crippen LogP) is 6.69. The highest BCUT2D eigenvalue weighted by Gasteiger charge is 2.38. The third kappa shape index (κ3) is 4.22. The molecule has 0 radical (unpaired) electrons. The summed E-state index contributed by atoms with van der Waals surface area (Å²) in [4.78, 5) is 36.5. The van der Waals surface area contributed by atoms with Gasteiger partial charge in [-0.25, -0.2) is 4.98 Å². The van der Waals surface area contributed by atoms with Crippen molar-refractivity contribution in [2.24, 2.45) is 0 Å². The molecule has 0 saturated heterocycles. The SMILES string of the molecule is CN1/C(=C/C(=O)CSc2nc3sc4c(c3c(=O)n2-c2ccccc2)CCCCC4)C(C)(C)c2ccccc21. The molecule has 2 aromatic heterocycles. The van der Waals surface area contributed by atoms with E-state index in [0.717, 1.165) is 53.0 Å². The van der Waals surface area contributed by atoms with Gasteiger partial charge in [0.1, 0.15) is 4.83 Å². The zero-order valence-electron chi connectivity index (χ0n) is 22.0. The number of thiophene rings is 1. The molecule has 194 valence electrons. The van der Waals surface area contributed by atoms with Gasteiger partial charge in [0.25, 0.3) is 5.56 Å². The van der Waals surface area contributed by atoms with Gasteiger partial charge in [0.15, 0.2) is 10.9 Å². The Balaban J connectivity index is 1.36. The van der Waals surface area contributed by atoms with Crippen LogP contribution in [0.5, 0.6) is 0 Å². The third-order valence-corrected chi connectivity index (χ3v) is 9.95. The number of carbonyl (C=O) groups is 1. The minimum absolute atomic E-state index is 0.00801. The van der Waals surface area contributed by atoms with Crippen LogP contribution in [0.15, 0.2) is 76.3 Å². The fourth-order valence-corrected chi connectivity index (χ4v) is 7.99. The molecule has 2 aromatic carbocycles. The first-order chi connectivity index (χ1) is 18.4. The molecular weight excluding hydrogens is 510 g/mol. The van der Waals surface area contributed by atoms with Gasteiger partial charge in [-0.2, -0.15) is 0 Å². The van der Waals surface area contributed by atoms with Gasteiger partial charge in [0.2, 0.25) is 0 Å². The minimum Gasteiger partial charge on any atom is -0.347 e. The number of carbonyl (C=O) groups excluding carboxylic acids is 1. The smallest absolute Gasteiger partial charge is 0.267 e. The van der Waals surface area contributed by atoms with E-state index in [1.807, 2.05) is 49.5 Å². The molecule has 0 N–H and O–H groups in total. The van der Waals surface area contributed by atoms with E-state index >= 15 is 0 Å². The number of fused-ring (bicyclic) bond motifs is 4. The maximum Gasteiger partial charge on any atom is 0.267 e. The standard InChI is InChI=1S/C31H31N3O2S2/c1-31(2)23-15-10-11-16-24(23)33(3)26(31)18-21(35)19-37-30-32-28-27(22-14-8-5-9-17-25(22)38-28)29(36)34(30)20-12-6-4-7-13-20/h4,6-7,10-13,15-16,18H,5,8-9,14,17,19H2,1-3H3/b26-18+. The van der Waals surface area contributed by atoms with Crippen LogP contribution in [0, 0.1) is 0 Å². The van der Waals surface area contributed by atoms with E-state index in [2.05, 4.69) is 30.9 Å². The lowest BCUT2D eigenvalue weighted by molar-refractivity contribution is -0.112. The predicted molar refractivity (Wildman–Crippen MR) is 158 cm³/mol. The van der Waals surface area contributed by atoms with Gasteiger partial charge in [-0.05, 0) is 55.0 Å². The van der Waals surface area contributed by atoms with Crippen molar-refractivity contribution in [3.8, 4) is 5.69 Å². The number of likely N-dealkylation sites (N-methyl/N-ethyl adjacent to an activating group) is 1. The number of aryl methyl sites for hydroxylation is 2. The lowest BCUT2D eigenvalue weighted by Crippen LogP contribution is -2.24. The van der Waals surface area contributed by atoms with Crippen molar-refractivity contribution >= 4 is 44.8 Å². The number of aromatic nitrogens is 2. The summed E-state index contributed by atoms with van der Waals surface area (Å²) in [6.45, 7) is 4.32. The van der Waals surface area contributed by atoms with Crippen molar-refractivity contribution in [1.82, 2.24) is 9.55 Å². The van der Waals surface area contributed by atoms with E-state index in [1.54, 1.807) is 22.0 Å².